The molecule has 0 aromatic rings. The van der Waals surface area contributed by atoms with E-state index in [1.54, 1.807) is 0 Å². The van der Waals surface area contributed by atoms with Gasteiger partial charge in [-0.05, 0) is 50.6 Å². The first kappa shape index (κ1) is 11.4. The molecule has 2 rings (SSSR count). The number of nitrogens with one attached hydrogen (secondary N) is 1. The zero-order valence-electron chi connectivity index (χ0n) is 10.3. The van der Waals surface area contributed by atoms with Crippen LogP contribution in [0.25, 0.3) is 0 Å². The molecule has 0 amide bonds. The highest BCUT2D eigenvalue weighted by atomic mass is 15.2. The molecule has 1 N–H and O–H groups in total. The second-order valence-corrected chi connectivity index (χ2v) is 5.61. The lowest BCUT2D eigenvalue weighted by Gasteiger charge is -2.24. The Bertz CT molecular complexity index is 179. The summed E-state index contributed by atoms with van der Waals surface area (Å²) >= 11 is 0. The third-order valence-electron chi connectivity index (χ3n) is 3.85. The predicted octanol–water partition coefficient (Wildman–Crippen LogP) is 2.11. The molecular weight excluding hydrogens is 184 g/mol. The van der Waals surface area contributed by atoms with E-state index in [0.717, 1.165) is 17.9 Å². The molecule has 0 aromatic heterocycles. The third-order valence-corrected chi connectivity index (χ3v) is 3.85. The van der Waals surface area contributed by atoms with Gasteiger partial charge in [0.15, 0.2) is 0 Å². The van der Waals surface area contributed by atoms with Gasteiger partial charge in [-0.15, -0.1) is 0 Å². The van der Waals surface area contributed by atoms with Gasteiger partial charge in [0.25, 0.3) is 0 Å². The zero-order chi connectivity index (χ0) is 10.7. The van der Waals surface area contributed by atoms with Gasteiger partial charge in [-0.1, -0.05) is 13.8 Å². The van der Waals surface area contributed by atoms with Gasteiger partial charge in [0.1, 0.15) is 0 Å². The van der Waals surface area contributed by atoms with Crippen LogP contribution in [0.3, 0.4) is 0 Å². The molecule has 0 bridgehead atoms. The Morgan fingerprint density at radius 1 is 1.20 bits per heavy atom. The maximum absolute atomic E-state index is 3.77. The van der Waals surface area contributed by atoms with Crippen molar-refractivity contribution in [2.75, 3.05) is 26.2 Å². The lowest BCUT2D eigenvalue weighted by molar-refractivity contribution is 0.300. The van der Waals surface area contributed by atoms with Crippen LogP contribution >= 0.6 is 0 Å². The van der Waals surface area contributed by atoms with Gasteiger partial charge in [-0.3, -0.25) is 0 Å². The van der Waals surface area contributed by atoms with Gasteiger partial charge in [0, 0.05) is 19.1 Å². The average Bonchev–Trinajstić information content (AvgIpc) is 2.89. The summed E-state index contributed by atoms with van der Waals surface area (Å²) in [5.74, 6) is 1.79. The minimum Gasteiger partial charge on any atom is -0.312 e. The Labute approximate surface area is 94.4 Å². The summed E-state index contributed by atoms with van der Waals surface area (Å²) in [6.45, 7) is 9.82. The van der Waals surface area contributed by atoms with Gasteiger partial charge >= 0.3 is 0 Å². The largest absolute Gasteiger partial charge is 0.312 e. The molecule has 1 atom stereocenters. The topological polar surface area (TPSA) is 15.3 Å². The van der Waals surface area contributed by atoms with Crippen LogP contribution < -0.4 is 5.32 Å². The van der Waals surface area contributed by atoms with E-state index in [-0.39, 0.29) is 0 Å². The normalized spacial score (nSPS) is 25.0. The standard InChI is InChI=1S/C13H26N2/c1-11(2)13(12-5-6-12)14-7-10-15-8-3-4-9-15/h11-14H,3-10H2,1-2H3. The quantitative estimate of drug-likeness (QED) is 0.722. The SMILES string of the molecule is CC(C)C(NCCN1CCCC1)C1CC1. The second kappa shape index (κ2) is 5.31. The maximum Gasteiger partial charge on any atom is 0.0119 e. The van der Waals surface area contributed by atoms with Crippen LogP contribution in [0.5, 0.6) is 0 Å². The van der Waals surface area contributed by atoms with E-state index in [9.17, 15) is 0 Å². The average molecular weight is 210 g/mol. The van der Waals surface area contributed by atoms with Crippen molar-refractivity contribution in [3.8, 4) is 0 Å². The van der Waals surface area contributed by atoms with Crippen molar-refractivity contribution in [1.29, 1.82) is 0 Å². The van der Waals surface area contributed by atoms with Crippen LogP contribution in [0.15, 0.2) is 0 Å². The Morgan fingerprint density at radius 3 is 2.40 bits per heavy atom. The van der Waals surface area contributed by atoms with Crippen molar-refractivity contribution >= 4 is 0 Å². The van der Waals surface area contributed by atoms with Gasteiger partial charge < -0.3 is 10.2 Å². The van der Waals surface area contributed by atoms with Crippen molar-refractivity contribution in [2.45, 2.75) is 45.6 Å². The van der Waals surface area contributed by atoms with E-state index in [1.165, 1.54) is 51.9 Å². The molecule has 2 nitrogen and oxygen atoms in total. The fourth-order valence-electron chi connectivity index (χ4n) is 2.80. The molecule has 15 heavy (non-hydrogen) atoms. The molecule has 1 unspecified atom stereocenters. The molecule has 2 fully saturated rings. The number of hydrogen-bond acceptors (Lipinski definition) is 2. The lowest BCUT2D eigenvalue weighted by Crippen LogP contribution is -2.40. The van der Waals surface area contributed by atoms with Crippen LogP contribution in [0.4, 0.5) is 0 Å². The molecule has 1 saturated heterocycles. The number of rotatable bonds is 6. The lowest BCUT2D eigenvalue weighted by atomic mass is 10.00. The van der Waals surface area contributed by atoms with Gasteiger partial charge in [0.05, 0.1) is 0 Å². The smallest absolute Gasteiger partial charge is 0.0119 e. The summed E-state index contributed by atoms with van der Waals surface area (Å²) in [6, 6.07) is 0.785. The molecule has 1 saturated carbocycles. The highest BCUT2D eigenvalue weighted by Gasteiger charge is 2.32. The van der Waals surface area contributed by atoms with Crippen molar-refractivity contribution in [1.82, 2.24) is 10.2 Å². The number of hydrogen-bond donors (Lipinski definition) is 1. The van der Waals surface area contributed by atoms with Crippen LogP contribution in [0.2, 0.25) is 0 Å². The van der Waals surface area contributed by atoms with E-state index in [4.69, 9.17) is 0 Å². The molecule has 0 spiro atoms. The minimum atomic E-state index is 0.785. The highest BCUT2D eigenvalue weighted by Crippen LogP contribution is 2.35. The van der Waals surface area contributed by atoms with Gasteiger partial charge in [-0.25, -0.2) is 0 Å². The summed E-state index contributed by atoms with van der Waals surface area (Å²) in [4.78, 5) is 2.59. The monoisotopic (exact) mass is 210 g/mol. The summed E-state index contributed by atoms with van der Waals surface area (Å²) in [6.07, 6.45) is 5.74. The van der Waals surface area contributed by atoms with Crippen LogP contribution in [-0.4, -0.2) is 37.1 Å². The maximum atomic E-state index is 3.77. The Kier molecular flexibility index (Phi) is 4.04. The summed E-state index contributed by atoms with van der Waals surface area (Å²) in [5, 5.41) is 3.77. The Balaban J connectivity index is 1.62. The fraction of sp³-hybridized carbons (Fsp3) is 1.00. The number of likely N-dealkylation sites (tertiary alicyclic amines) is 1. The van der Waals surface area contributed by atoms with Crippen molar-refractivity contribution < 1.29 is 0 Å². The first-order chi connectivity index (χ1) is 7.27. The Morgan fingerprint density at radius 2 is 1.87 bits per heavy atom. The molecular formula is C13H26N2. The molecule has 2 heteroatoms. The first-order valence-electron chi connectivity index (χ1n) is 6.73. The molecule has 0 radical (unpaired) electrons. The van der Waals surface area contributed by atoms with Crippen LogP contribution in [0.1, 0.15) is 39.5 Å². The first-order valence-corrected chi connectivity index (χ1v) is 6.73. The van der Waals surface area contributed by atoms with E-state index in [2.05, 4.69) is 24.1 Å². The van der Waals surface area contributed by atoms with Crippen LogP contribution in [0, 0.1) is 11.8 Å². The summed E-state index contributed by atoms with van der Waals surface area (Å²) in [7, 11) is 0. The summed E-state index contributed by atoms with van der Waals surface area (Å²) < 4.78 is 0. The fourth-order valence-corrected chi connectivity index (χ4v) is 2.80. The second-order valence-electron chi connectivity index (χ2n) is 5.61. The predicted molar refractivity (Wildman–Crippen MR) is 65.0 cm³/mol. The minimum absolute atomic E-state index is 0.785. The van der Waals surface area contributed by atoms with Crippen molar-refractivity contribution in [3.63, 3.8) is 0 Å². The molecule has 1 heterocycles. The molecule has 2 aliphatic rings. The Hall–Kier alpha value is -0.0800. The zero-order valence-corrected chi connectivity index (χ0v) is 10.3. The molecule has 0 aromatic carbocycles. The van der Waals surface area contributed by atoms with E-state index in [0.29, 0.717) is 0 Å². The highest BCUT2D eigenvalue weighted by molar-refractivity contribution is 4.88. The molecule has 88 valence electrons. The van der Waals surface area contributed by atoms with Gasteiger partial charge in [0.2, 0.25) is 0 Å². The van der Waals surface area contributed by atoms with E-state index < -0.39 is 0 Å². The summed E-state index contributed by atoms with van der Waals surface area (Å²) in [5.41, 5.74) is 0. The van der Waals surface area contributed by atoms with E-state index >= 15 is 0 Å². The van der Waals surface area contributed by atoms with Gasteiger partial charge in [-0.2, -0.15) is 0 Å². The number of nitrogens with zero attached hydrogens (tertiary/aromatic N) is 1. The molecule has 1 aliphatic carbocycles. The third kappa shape index (κ3) is 3.46. The van der Waals surface area contributed by atoms with E-state index in [1.807, 2.05) is 0 Å². The van der Waals surface area contributed by atoms with Crippen molar-refractivity contribution in [2.24, 2.45) is 11.8 Å². The van der Waals surface area contributed by atoms with Crippen LogP contribution in [-0.2, 0) is 0 Å². The molecule has 1 aliphatic heterocycles. The van der Waals surface area contributed by atoms with Crippen molar-refractivity contribution in [3.05, 3.63) is 0 Å².